The van der Waals surface area contributed by atoms with Gasteiger partial charge in [-0.1, -0.05) is 49.4 Å². The van der Waals surface area contributed by atoms with Gasteiger partial charge in [-0.3, -0.25) is 4.79 Å². The number of rotatable bonds is 8. The zero-order valence-corrected chi connectivity index (χ0v) is 18.2. The number of thiazole rings is 1. The van der Waals surface area contributed by atoms with Crippen LogP contribution in [0.4, 0.5) is 5.13 Å². The van der Waals surface area contributed by atoms with Gasteiger partial charge in [0.15, 0.2) is 10.3 Å². The summed E-state index contributed by atoms with van der Waals surface area (Å²) in [6.45, 7) is 8.32. The number of nitrogens with one attached hydrogen (secondary N) is 1. The second-order valence-electron chi connectivity index (χ2n) is 6.82. The van der Waals surface area contributed by atoms with Crippen molar-refractivity contribution in [1.82, 2.24) is 19.7 Å². The molecular formula is C20H25N5OS2. The fourth-order valence-electron chi connectivity index (χ4n) is 2.81. The van der Waals surface area contributed by atoms with Crippen LogP contribution in [-0.2, 0) is 11.2 Å². The molecule has 6 nitrogen and oxygen atoms in total. The number of hydrogen-bond donors (Lipinski definition) is 1. The van der Waals surface area contributed by atoms with E-state index in [0.717, 1.165) is 34.1 Å². The summed E-state index contributed by atoms with van der Waals surface area (Å²) in [4.78, 5) is 18.1. The van der Waals surface area contributed by atoms with Crippen LogP contribution >= 0.6 is 23.1 Å². The normalized spacial score (nSPS) is 11.2. The van der Waals surface area contributed by atoms with Crippen molar-refractivity contribution < 1.29 is 4.79 Å². The minimum Gasteiger partial charge on any atom is -0.306 e. The van der Waals surface area contributed by atoms with Crippen molar-refractivity contribution in [3.05, 3.63) is 41.0 Å². The van der Waals surface area contributed by atoms with Gasteiger partial charge in [-0.15, -0.1) is 21.5 Å². The van der Waals surface area contributed by atoms with Crippen LogP contribution in [0.3, 0.4) is 0 Å². The van der Waals surface area contributed by atoms with Gasteiger partial charge in [0.05, 0.1) is 11.4 Å². The first-order valence-electron chi connectivity index (χ1n) is 9.36. The molecule has 1 amide bonds. The van der Waals surface area contributed by atoms with E-state index < -0.39 is 0 Å². The Balaban J connectivity index is 1.62. The molecule has 28 heavy (non-hydrogen) atoms. The zero-order chi connectivity index (χ0) is 20.1. The summed E-state index contributed by atoms with van der Waals surface area (Å²) < 4.78 is 1.95. The van der Waals surface area contributed by atoms with Crippen LogP contribution in [0.15, 0.2) is 35.7 Å². The highest BCUT2D eigenvalue weighted by molar-refractivity contribution is 7.99. The molecule has 0 bridgehead atoms. The molecule has 0 fully saturated rings. The lowest BCUT2D eigenvalue weighted by atomic mass is 10.1. The topological polar surface area (TPSA) is 72.7 Å². The smallest absolute Gasteiger partial charge is 0.236 e. The largest absolute Gasteiger partial charge is 0.306 e. The minimum absolute atomic E-state index is 0.0955. The van der Waals surface area contributed by atoms with Crippen molar-refractivity contribution in [3.63, 3.8) is 0 Å². The van der Waals surface area contributed by atoms with Gasteiger partial charge in [0, 0.05) is 16.5 Å². The number of aromatic nitrogens is 4. The van der Waals surface area contributed by atoms with Gasteiger partial charge >= 0.3 is 0 Å². The number of anilines is 1. The maximum absolute atomic E-state index is 12.3. The van der Waals surface area contributed by atoms with Crippen LogP contribution in [0, 0.1) is 6.92 Å². The van der Waals surface area contributed by atoms with Crippen molar-refractivity contribution >= 4 is 34.1 Å². The van der Waals surface area contributed by atoms with Gasteiger partial charge in [-0.2, -0.15) is 0 Å². The lowest BCUT2D eigenvalue weighted by Crippen LogP contribution is -2.14. The highest BCUT2D eigenvalue weighted by Crippen LogP contribution is 2.31. The lowest BCUT2D eigenvalue weighted by Gasteiger charge is -2.08. The molecule has 0 aliphatic carbocycles. The van der Waals surface area contributed by atoms with E-state index in [4.69, 9.17) is 0 Å². The molecule has 148 valence electrons. The van der Waals surface area contributed by atoms with Gasteiger partial charge in [0.2, 0.25) is 5.91 Å². The van der Waals surface area contributed by atoms with Gasteiger partial charge in [-0.25, -0.2) is 4.98 Å². The first-order chi connectivity index (χ1) is 13.5. The molecule has 8 heteroatoms. The number of amides is 1. The second kappa shape index (κ2) is 9.34. The van der Waals surface area contributed by atoms with E-state index in [1.165, 1.54) is 28.7 Å². The monoisotopic (exact) mass is 415 g/mol. The van der Waals surface area contributed by atoms with Crippen molar-refractivity contribution in [1.29, 1.82) is 0 Å². The van der Waals surface area contributed by atoms with Gasteiger partial charge in [0.1, 0.15) is 6.33 Å². The Morgan fingerprint density at radius 3 is 2.71 bits per heavy atom. The van der Waals surface area contributed by atoms with Crippen LogP contribution in [0.25, 0.3) is 11.3 Å². The third kappa shape index (κ3) is 4.99. The SMILES string of the molecule is CCCc1ccc(-c2nc(NC(=O)CSc3nncn3C(C)C)sc2C)cc1. The molecule has 0 aliphatic heterocycles. The molecular weight excluding hydrogens is 390 g/mol. The highest BCUT2D eigenvalue weighted by Gasteiger charge is 2.14. The number of benzene rings is 1. The van der Waals surface area contributed by atoms with Crippen LogP contribution in [0.5, 0.6) is 0 Å². The van der Waals surface area contributed by atoms with Crippen LogP contribution in [0.1, 0.15) is 43.7 Å². The molecule has 0 saturated carbocycles. The maximum Gasteiger partial charge on any atom is 0.236 e. The van der Waals surface area contributed by atoms with Crippen LogP contribution in [-0.4, -0.2) is 31.4 Å². The van der Waals surface area contributed by atoms with Crippen molar-refractivity contribution in [3.8, 4) is 11.3 Å². The molecule has 0 aliphatic rings. The summed E-state index contributed by atoms with van der Waals surface area (Å²) in [5.41, 5.74) is 3.34. The molecule has 1 aromatic carbocycles. The average Bonchev–Trinajstić information content (AvgIpc) is 3.27. The Morgan fingerprint density at radius 1 is 1.29 bits per heavy atom. The average molecular weight is 416 g/mol. The molecule has 3 aromatic rings. The Kier molecular flexibility index (Phi) is 6.85. The maximum atomic E-state index is 12.3. The molecule has 0 spiro atoms. The highest BCUT2D eigenvalue weighted by atomic mass is 32.2. The predicted octanol–water partition coefficient (Wildman–Crippen LogP) is 4.97. The summed E-state index contributed by atoms with van der Waals surface area (Å²) >= 11 is 2.88. The van der Waals surface area contributed by atoms with E-state index in [2.05, 4.69) is 65.5 Å². The molecule has 0 unspecified atom stereocenters. The molecule has 0 radical (unpaired) electrons. The van der Waals surface area contributed by atoms with Crippen LogP contribution < -0.4 is 5.32 Å². The van der Waals surface area contributed by atoms with Gasteiger partial charge in [0.25, 0.3) is 0 Å². The van der Waals surface area contributed by atoms with Crippen molar-refractivity contribution in [2.75, 3.05) is 11.1 Å². The van der Waals surface area contributed by atoms with Crippen LogP contribution in [0.2, 0.25) is 0 Å². The quantitative estimate of drug-likeness (QED) is 0.526. The third-order valence-electron chi connectivity index (χ3n) is 4.24. The standard InChI is InChI=1S/C20H25N5OS2/c1-5-6-15-7-9-16(10-8-15)18-14(4)28-19(23-18)22-17(26)11-27-20-24-21-12-25(20)13(2)3/h7-10,12-13H,5-6,11H2,1-4H3,(H,22,23,26). The second-order valence-corrected chi connectivity index (χ2v) is 8.97. The first-order valence-corrected chi connectivity index (χ1v) is 11.2. The Bertz CT molecular complexity index is 930. The van der Waals surface area contributed by atoms with E-state index >= 15 is 0 Å². The third-order valence-corrected chi connectivity index (χ3v) is 6.08. The van der Waals surface area contributed by atoms with E-state index in [1.54, 1.807) is 6.33 Å². The Hall–Kier alpha value is -2.19. The lowest BCUT2D eigenvalue weighted by molar-refractivity contribution is -0.113. The van der Waals surface area contributed by atoms with E-state index in [-0.39, 0.29) is 17.7 Å². The number of aryl methyl sites for hydroxylation is 2. The zero-order valence-electron chi connectivity index (χ0n) is 16.6. The first kappa shape index (κ1) is 20.5. The number of thioether (sulfide) groups is 1. The number of nitrogens with zero attached hydrogens (tertiary/aromatic N) is 4. The number of hydrogen-bond acceptors (Lipinski definition) is 6. The fourth-order valence-corrected chi connectivity index (χ4v) is 4.51. The number of carbonyl (C=O) groups is 1. The fraction of sp³-hybridized carbons (Fsp3) is 0.400. The summed E-state index contributed by atoms with van der Waals surface area (Å²) in [6.07, 6.45) is 3.91. The van der Waals surface area contributed by atoms with Gasteiger partial charge in [-0.05, 0) is 32.8 Å². The summed E-state index contributed by atoms with van der Waals surface area (Å²) in [5.74, 6) is 0.173. The Labute approximate surface area is 173 Å². The van der Waals surface area contributed by atoms with E-state index in [0.29, 0.717) is 5.13 Å². The molecule has 2 heterocycles. The number of carbonyl (C=O) groups excluding carboxylic acids is 1. The molecule has 0 saturated heterocycles. The summed E-state index contributed by atoms with van der Waals surface area (Å²) in [7, 11) is 0. The minimum atomic E-state index is -0.0955. The Morgan fingerprint density at radius 2 is 2.04 bits per heavy atom. The predicted molar refractivity (Wildman–Crippen MR) is 116 cm³/mol. The van der Waals surface area contributed by atoms with E-state index in [1.807, 2.05) is 11.5 Å². The van der Waals surface area contributed by atoms with Gasteiger partial charge < -0.3 is 9.88 Å². The molecule has 1 N–H and O–H groups in total. The van der Waals surface area contributed by atoms with E-state index in [9.17, 15) is 4.79 Å². The molecule has 2 aromatic heterocycles. The van der Waals surface area contributed by atoms with Crippen molar-refractivity contribution in [2.45, 2.75) is 51.7 Å². The molecule has 0 atom stereocenters. The summed E-state index contributed by atoms with van der Waals surface area (Å²) in [6, 6.07) is 8.77. The summed E-state index contributed by atoms with van der Waals surface area (Å²) in [5, 5.41) is 12.3. The molecule has 3 rings (SSSR count). The van der Waals surface area contributed by atoms with Crippen molar-refractivity contribution in [2.24, 2.45) is 0 Å².